The van der Waals surface area contributed by atoms with Gasteiger partial charge in [-0.15, -0.1) is 0 Å². The Hall–Kier alpha value is -1.76. The highest BCUT2D eigenvalue weighted by atomic mass is 35.5. The Labute approximate surface area is 175 Å². The predicted octanol–water partition coefficient (Wildman–Crippen LogP) is 4.31. The fourth-order valence-corrected chi connectivity index (χ4v) is 4.68. The number of nitrogens with one attached hydrogen (secondary N) is 1. The van der Waals surface area contributed by atoms with Crippen LogP contribution >= 0.6 is 23.4 Å². The van der Waals surface area contributed by atoms with Crippen molar-refractivity contribution < 1.29 is 0 Å². The second-order valence-electron chi connectivity index (χ2n) is 7.55. The third-order valence-corrected chi connectivity index (χ3v) is 6.41. The Morgan fingerprint density at radius 1 is 1.25 bits per heavy atom. The Kier molecular flexibility index (Phi) is 5.80. The SMILES string of the molecule is CSc1nc(N)cc(N2CCC3=CCC(C)NC(c4ccc(Cl)cc4)C3C2)n1. The van der Waals surface area contributed by atoms with Crippen molar-refractivity contribution in [2.45, 2.75) is 37.0 Å². The van der Waals surface area contributed by atoms with Crippen LogP contribution in [0.5, 0.6) is 0 Å². The van der Waals surface area contributed by atoms with Gasteiger partial charge in [-0.1, -0.05) is 47.1 Å². The first kappa shape index (κ1) is 19.6. The number of nitrogens with two attached hydrogens (primary N) is 1. The minimum atomic E-state index is 0.253. The molecule has 148 valence electrons. The monoisotopic (exact) mass is 415 g/mol. The molecule has 1 aromatic heterocycles. The Bertz CT molecular complexity index is 870. The standard InChI is InChI=1S/C21H26ClN5S/c1-13-3-4-14-9-10-27(19-11-18(23)25-21(26-19)28-2)12-17(14)20(24-13)15-5-7-16(22)8-6-15/h4-8,11,13,17,20,24H,3,9-10,12H2,1-2H3,(H2,23,25,26). The molecule has 1 fully saturated rings. The lowest BCUT2D eigenvalue weighted by molar-refractivity contribution is 0.359. The maximum atomic E-state index is 6.13. The van der Waals surface area contributed by atoms with E-state index in [2.05, 4.69) is 40.3 Å². The number of fused-ring (bicyclic) bond motifs is 1. The summed E-state index contributed by atoms with van der Waals surface area (Å²) in [5.41, 5.74) is 8.84. The van der Waals surface area contributed by atoms with E-state index in [0.29, 0.717) is 17.8 Å². The van der Waals surface area contributed by atoms with E-state index in [1.54, 1.807) is 5.57 Å². The molecule has 3 heterocycles. The first-order valence-electron chi connectivity index (χ1n) is 9.67. The normalized spacial score (nSPS) is 25.0. The van der Waals surface area contributed by atoms with E-state index in [-0.39, 0.29) is 6.04 Å². The first-order valence-corrected chi connectivity index (χ1v) is 11.3. The van der Waals surface area contributed by atoms with Crippen LogP contribution in [0.2, 0.25) is 5.02 Å². The summed E-state index contributed by atoms with van der Waals surface area (Å²) < 4.78 is 0. The fraction of sp³-hybridized carbons (Fsp3) is 0.429. The number of piperidine rings is 1. The fourth-order valence-electron chi connectivity index (χ4n) is 4.18. The molecule has 2 aliphatic rings. The molecule has 0 amide bonds. The van der Waals surface area contributed by atoms with E-state index in [9.17, 15) is 0 Å². The Morgan fingerprint density at radius 3 is 2.79 bits per heavy atom. The molecule has 5 nitrogen and oxygen atoms in total. The number of nitrogens with zero attached hydrogens (tertiary/aromatic N) is 3. The highest BCUT2D eigenvalue weighted by Gasteiger charge is 2.34. The van der Waals surface area contributed by atoms with E-state index in [0.717, 1.165) is 41.9 Å². The van der Waals surface area contributed by atoms with Gasteiger partial charge < -0.3 is 16.0 Å². The molecule has 0 bridgehead atoms. The van der Waals surface area contributed by atoms with Gasteiger partial charge in [-0.2, -0.15) is 0 Å². The van der Waals surface area contributed by atoms with Crippen molar-refractivity contribution >= 4 is 35.0 Å². The van der Waals surface area contributed by atoms with Crippen molar-refractivity contribution in [3.63, 3.8) is 0 Å². The van der Waals surface area contributed by atoms with Crippen LogP contribution in [0.4, 0.5) is 11.6 Å². The highest BCUT2D eigenvalue weighted by molar-refractivity contribution is 7.98. The van der Waals surface area contributed by atoms with Crippen LogP contribution in [0.15, 0.2) is 47.1 Å². The number of aromatic nitrogens is 2. The molecule has 0 saturated carbocycles. The second-order valence-corrected chi connectivity index (χ2v) is 8.76. The van der Waals surface area contributed by atoms with Gasteiger partial charge in [0.25, 0.3) is 0 Å². The van der Waals surface area contributed by atoms with Crippen molar-refractivity contribution in [1.82, 2.24) is 15.3 Å². The highest BCUT2D eigenvalue weighted by Crippen LogP contribution is 2.38. The van der Waals surface area contributed by atoms with Crippen LogP contribution in [0.1, 0.15) is 31.4 Å². The van der Waals surface area contributed by atoms with Gasteiger partial charge in [0.1, 0.15) is 11.6 Å². The molecular formula is C21H26ClN5S. The van der Waals surface area contributed by atoms with E-state index in [4.69, 9.17) is 22.3 Å². The lowest BCUT2D eigenvalue weighted by atomic mass is 9.82. The lowest BCUT2D eigenvalue weighted by Crippen LogP contribution is -2.43. The summed E-state index contributed by atoms with van der Waals surface area (Å²) in [6, 6.07) is 10.8. The van der Waals surface area contributed by atoms with Crippen LogP contribution in [-0.4, -0.2) is 35.4 Å². The van der Waals surface area contributed by atoms with Crippen LogP contribution in [0.25, 0.3) is 0 Å². The average Bonchev–Trinajstić information content (AvgIpc) is 2.86. The molecule has 1 aromatic carbocycles. The Balaban J connectivity index is 1.66. The van der Waals surface area contributed by atoms with E-state index >= 15 is 0 Å². The molecule has 2 aliphatic heterocycles. The second kappa shape index (κ2) is 8.31. The van der Waals surface area contributed by atoms with Crippen LogP contribution in [-0.2, 0) is 0 Å². The molecule has 0 spiro atoms. The number of thioether (sulfide) groups is 1. The van der Waals surface area contributed by atoms with Crippen LogP contribution < -0.4 is 16.0 Å². The number of hydrogen-bond acceptors (Lipinski definition) is 6. The zero-order chi connectivity index (χ0) is 19.7. The van der Waals surface area contributed by atoms with E-state index < -0.39 is 0 Å². The summed E-state index contributed by atoms with van der Waals surface area (Å²) in [5.74, 6) is 1.83. The molecule has 2 aromatic rings. The molecule has 3 atom stereocenters. The molecule has 0 aliphatic carbocycles. The van der Waals surface area contributed by atoms with E-state index in [1.807, 2.05) is 24.5 Å². The summed E-state index contributed by atoms with van der Waals surface area (Å²) >= 11 is 7.65. The van der Waals surface area contributed by atoms with Gasteiger partial charge in [-0.25, -0.2) is 9.97 Å². The predicted molar refractivity (Wildman–Crippen MR) is 118 cm³/mol. The minimum absolute atomic E-state index is 0.253. The summed E-state index contributed by atoms with van der Waals surface area (Å²) in [6.07, 6.45) is 6.52. The van der Waals surface area contributed by atoms with Gasteiger partial charge >= 0.3 is 0 Å². The number of rotatable bonds is 3. The average molecular weight is 416 g/mol. The van der Waals surface area contributed by atoms with Gasteiger partial charge in [0.2, 0.25) is 0 Å². The molecule has 3 N–H and O–H groups in total. The molecule has 3 unspecified atom stereocenters. The lowest BCUT2D eigenvalue weighted by Gasteiger charge is -2.39. The van der Waals surface area contributed by atoms with Crippen molar-refractivity contribution in [1.29, 1.82) is 0 Å². The number of halogens is 1. The number of hydrogen-bond donors (Lipinski definition) is 2. The van der Waals surface area contributed by atoms with Gasteiger partial charge in [0, 0.05) is 42.2 Å². The summed E-state index contributed by atoms with van der Waals surface area (Å²) in [5, 5.41) is 5.33. The zero-order valence-electron chi connectivity index (χ0n) is 16.2. The van der Waals surface area contributed by atoms with Crippen molar-refractivity contribution in [2.75, 3.05) is 30.0 Å². The molecule has 0 radical (unpaired) electrons. The molecule has 28 heavy (non-hydrogen) atoms. The summed E-state index contributed by atoms with van der Waals surface area (Å²) in [6.45, 7) is 4.11. The molecule has 1 saturated heterocycles. The van der Waals surface area contributed by atoms with Gasteiger partial charge in [0.05, 0.1) is 0 Å². The molecule has 4 rings (SSSR count). The van der Waals surface area contributed by atoms with Gasteiger partial charge in [0.15, 0.2) is 5.16 Å². The number of anilines is 2. The third kappa shape index (κ3) is 4.14. The quantitative estimate of drug-likeness (QED) is 0.442. The number of benzene rings is 1. The van der Waals surface area contributed by atoms with Crippen molar-refractivity contribution in [3.05, 3.63) is 52.6 Å². The summed E-state index contributed by atoms with van der Waals surface area (Å²) in [7, 11) is 0. The first-order chi connectivity index (χ1) is 13.5. The van der Waals surface area contributed by atoms with E-state index in [1.165, 1.54) is 17.3 Å². The maximum absolute atomic E-state index is 6.13. The van der Waals surface area contributed by atoms with Crippen LogP contribution in [0.3, 0.4) is 0 Å². The minimum Gasteiger partial charge on any atom is -0.383 e. The Morgan fingerprint density at radius 2 is 2.04 bits per heavy atom. The summed E-state index contributed by atoms with van der Waals surface area (Å²) in [4.78, 5) is 11.3. The molecule has 7 heteroatoms. The number of nitrogen functional groups attached to an aromatic ring is 1. The topological polar surface area (TPSA) is 67.1 Å². The molecular weight excluding hydrogens is 390 g/mol. The largest absolute Gasteiger partial charge is 0.383 e. The third-order valence-electron chi connectivity index (χ3n) is 5.61. The van der Waals surface area contributed by atoms with Gasteiger partial charge in [-0.05, 0) is 43.7 Å². The smallest absolute Gasteiger partial charge is 0.191 e. The van der Waals surface area contributed by atoms with Crippen molar-refractivity contribution in [2.24, 2.45) is 5.92 Å². The maximum Gasteiger partial charge on any atom is 0.191 e. The van der Waals surface area contributed by atoms with Crippen LogP contribution in [0, 0.1) is 5.92 Å². The van der Waals surface area contributed by atoms with Gasteiger partial charge in [-0.3, -0.25) is 0 Å². The zero-order valence-corrected chi connectivity index (χ0v) is 17.8. The van der Waals surface area contributed by atoms with Crippen molar-refractivity contribution in [3.8, 4) is 0 Å².